The molecule has 2 aliphatic heterocycles. The number of thiazole rings is 1. The van der Waals surface area contributed by atoms with E-state index < -0.39 is 0 Å². The summed E-state index contributed by atoms with van der Waals surface area (Å²) >= 11 is 1.71. The fourth-order valence-electron chi connectivity index (χ4n) is 4.23. The lowest BCUT2D eigenvalue weighted by Crippen LogP contribution is -2.48. The lowest BCUT2D eigenvalue weighted by atomic mass is 9.92. The molecule has 27 heavy (non-hydrogen) atoms. The summed E-state index contributed by atoms with van der Waals surface area (Å²) in [6.07, 6.45) is 2.94. The largest absolute Gasteiger partial charge is 0.344 e. The van der Waals surface area contributed by atoms with E-state index in [-0.39, 0.29) is 6.29 Å². The predicted octanol–water partition coefficient (Wildman–Crippen LogP) is 3.53. The Balaban J connectivity index is 1.30. The number of hydrogen-bond donors (Lipinski definition) is 0. The Kier molecular flexibility index (Phi) is 6.20. The van der Waals surface area contributed by atoms with Crippen LogP contribution in [0, 0.1) is 5.92 Å². The minimum Gasteiger partial charge on any atom is -0.344 e. The molecule has 3 heterocycles. The molecule has 1 aromatic heterocycles. The average Bonchev–Trinajstić information content (AvgIpc) is 3.34. The normalized spacial score (nSPS) is 24.7. The Hall–Kier alpha value is -1.31. The standard InChI is InChI=1S/C21H29N3O2S/c1-16-13-24(14-17-6-4-3-5-7-17)9-8-19(16)23(2)15-18-12-22-20(27-18)21-25-10-11-26-21/h3-7,12,16,19,21H,8-11,13-15H2,1-2H3/t16-,19-/m1/s1. The van der Waals surface area contributed by atoms with Crippen LogP contribution in [0.5, 0.6) is 0 Å². The molecule has 0 aliphatic carbocycles. The Morgan fingerprint density at radius 2 is 2.00 bits per heavy atom. The highest BCUT2D eigenvalue weighted by Gasteiger charge is 2.29. The van der Waals surface area contributed by atoms with Gasteiger partial charge in [-0.2, -0.15) is 0 Å². The minimum atomic E-state index is -0.255. The molecular formula is C21H29N3O2S. The van der Waals surface area contributed by atoms with Gasteiger partial charge >= 0.3 is 0 Å². The van der Waals surface area contributed by atoms with Gasteiger partial charge < -0.3 is 9.47 Å². The second-order valence-electron chi connectivity index (χ2n) is 7.71. The number of likely N-dealkylation sites (tertiary alicyclic amines) is 1. The molecule has 0 radical (unpaired) electrons. The summed E-state index contributed by atoms with van der Waals surface area (Å²) in [5.74, 6) is 0.654. The van der Waals surface area contributed by atoms with E-state index in [1.54, 1.807) is 11.3 Å². The van der Waals surface area contributed by atoms with Crippen LogP contribution in [0.3, 0.4) is 0 Å². The molecule has 0 saturated carbocycles. The second-order valence-corrected chi connectivity index (χ2v) is 8.85. The minimum absolute atomic E-state index is 0.255. The van der Waals surface area contributed by atoms with Crippen LogP contribution >= 0.6 is 11.3 Å². The summed E-state index contributed by atoms with van der Waals surface area (Å²) in [6.45, 7) is 8.03. The number of benzene rings is 1. The van der Waals surface area contributed by atoms with Gasteiger partial charge in [-0.15, -0.1) is 11.3 Å². The summed E-state index contributed by atoms with van der Waals surface area (Å²) < 4.78 is 11.1. The van der Waals surface area contributed by atoms with Gasteiger partial charge in [0.1, 0.15) is 5.01 Å². The molecule has 2 fully saturated rings. The van der Waals surface area contributed by atoms with Gasteiger partial charge in [-0.3, -0.25) is 9.80 Å². The van der Waals surface area contributed by atoms with Crippen LogP contribution in [0.4, 0.5) is 0 Å². The Morgan fingerprint density at radius 1 is 1.22 bits per heavy atom. The summed E-state index contributed by atoms with van der Waals surface area (Å²) in [7, 11) is 2.25. The van der Waals surface area contributed by atoms with Crippen LogP contribution in [0.15, 0.2) is 36.5 Å². The van der Waals surface area contributed by atoms with Crippen molar-refractivity contribution in [1.29, 1.82) is 0 Å². The predicted molar refractivity (Wildman–Crippen MR) is 108 cm³/mol. The van der Waals surface area contributed by atoms with Crippen LogP contribution in [0.1, 0.15) is 35.1 Å². The Morgan fingerprint density at radius 3 is 2.74 bits per heavy atom. The quantitative estimate of drug-likeness (QED) is 0.758. The fourth-order valence-corrected chi connectivity index (χ4v) is 5.21. The lowest BCUT2D eigenvalue weighted by Gasteiger charge is -2.41. The summed E-state index contributed by atoms with van der Waals surface area (Å²) in [5.41, 5.74) is 1.41. The van der Waals surface area contributed by atoms with Gasteiger partial charge in [0.25, 0.3) is 0 Å². The molecule has 4 rings (SSSR count). The van der Waals surface area contributed by atoms with E-state index in [4.69, 9.17) is 9.47 Å². The van der Waals surface area contributed by atoms with Crippen molar-refractivity contribution in [2.24, 2.45) is 5.92 Å². The number of aromatic nitrogens is 1. The Bertz CT molecular complexity index is 717. The van der Waals surface area contributed by atoms with Crippen molar-refractivity contribution in [3.8, 4) is 0 Å². The number of piperidine rings is 1. The molecule has 146 valence electrons. The van der Waals surface area contributed by atoms with E-state index in [2.05, 4.69) is 59.1 Å². The topological polar surface area (TPSA) is 37.8 Å². The van der Waals surface area contributed by atoms with Crippen molar-refractivity contribution in [3.05, 3.63) is 52.0 Å². The third-order valence-electron chi connectivity index (χ3n) is 5.56. The van der Waals surface area contributed by atoms with E-state index in [1.807, 2.05) is 6.20 Å². The number of hydrogen-bond acceptors (Lipinski definition) is 6. The van der Waals surface area contributed by atoms with Gasteiger partial charge in [0.15, 0.2) is 0 Å². The van der Waals surface area contributed by atoms with Gasteiger partial charge in [-0.25, -0.2) is 4.98 Å². The molecule has 0 N–H and O–H groups in total. The number of rotatable bonds is 6. The van der Waals surface area contributed by atoms with Gasteiger partial charge in [-0.1, -0.05) is 37.3 Å². The summed E-state index contributed by atoms with van der Waals surface area (Å²) in [6, 6.07) is 11.4. The monoisotopic (exact) mass is 387 g/mol. The van der Waals surface area contributed by atoms with E-state index in [1.165, 1.54) is 16.9 Å². The van der Waals surface area contributed by atoms with Crippen molar-refractivity contribution < 1.29 is 9.47 Å². The van der Waals surface area contributed by atoms with Gasteiger partial charge in [0.2, 0.25) is 6.29 Å². The molecule has 2 aromatic rings. The van der Waals surface area contributed by atoms with Crippen LogP contribution in [-0.2, 0) is 22.6 Å². The zero-order valence-corrected chi connectivity index (χ0v) is 17.0. The van der Waals surface area contributed by atoms with E-state index >= 15 is 0 Å². The third-order valence-corrected chi connectivity index (χ3v) is 6.56. The molecule has 1 aromatic carbocycles. The first-order chi connectivity index (χ1) is 13.2. The average molecular weight is 388 g/mol. The number of nitrogens with zero attached hydrogens (tertiary/aromatic N) is 3. The highest BCUT2D eigenvalue weighted by atomic mass is 32.1. The zero-order valence-electron chi connectivity index (χ0n) is 16.2. The maximum Gasteiger partial charge on any atom is 0.211 e. The molecule has 0 amide bonds. The molecule has 6 heteroatoms. The van der Waals surface area contributed by atoms with Gasteiger partial charge in [-0.05, 0) is 31.5 Å². The molecule has 0 bridgehead atoms. The van der Waals surface area contributed by atoms with Crippen molar-refractivity contribution >= 4 is 11.3 Å². The van der Waals surface area contributed by atoms with Crippen LogP contribution < -0.4 is 0 Å². The van der Waals surface area contributed by atoms with E-state index in [0.717, 1.165) is 31.2 Å². The highest BCUT2D eigenvalue weighted by Crippen LogP contribution is 2.29. The fraction of sp³-hybridized carbons (Fsp3) is 0.571. The SMILES string of the molecule is C[C@@H]1CN(Cc2ccccc2)CC[C@H]1N(C)Cc1cnc(C2OCCO2)s1. The smallest absolute Gasteiger partial charge is 0.211 e. The van der Waals surface area contributed by atoms with Gasteiger partial charge in [0, 0.05) is 36.8 Å². The van der Waals surface area contributed by atoms with Crippen LogP contribution in [0.2, 0.25) is 0 Å². The van der Waals surface area contributed by atoms with Crippen molar-refractivity contribution in [2.75, 3.05) is 33.4 Å². The molecule has 5 nitrogen and oxygen atoms in total. The Labute approximate surface area is 165 Å². The molecular weight excluding hydrogens is 358 g/mol. The first kappa shape index (κ1) is 19.0. The second kappa shape index (κ2) is 8.80. The molecule has 2 aliphatic rings. The maximum absolute atomic E-state index is 5.56. The highest BCUT2D eigenvalue weighted by molar-refractivity contribution is 7.11. The third kappa shape index (κ3) is 4.76. The van der Waals surface area contributed by atoms with E-state index in [0.29, 0.717) is 25.2 Å². The maximum atomic E-state index is 5.56. The van der Waals surface area contributed by atoms with Crippen molar-refractivity contribution in [1.82, 2.24) is 14.8 Å². The molecule has 2 atom stereocenters. The first-order valence-corrected chi connectivity index (χ1v) is 10.6. The summed E-state index contributed by atoms with van der Waals surface area (Å²) in [4.78, 5) is 10.9. The van der Waals surface area contributed by atoms with Crippen LogP contribution in [-0.4, -0.2) is 54.2 Å². The first-order valence-electron chi connectivity index (χ1n) is 9.83. The summed E-state index contributed by atoms with van der Waals surface area (Å²) in [5, 5.41) is 0.946. The molecule has 2 saturated heterocycles. The van der Waals surface area contributed by atoms with E-state index in [9.17, 15) is 0 Å². The lowest BCUT2D eigenvalue weighted by molar-refractivity contribution is -0.0442. The van der Waals surface area contributed by atoms with Crippen LogP contribution in [0.25, 0.3) is 0 Å². The van der Waals surface area contributed by atoms with Crippen molar-refractivity contribution in [3.63, 3.8) is 0 Å². The van der Waals surface area contributed by atoms with Gasteiger partial charge in [0.05, 0.1) is 13.2 Å². The molecule has 0 spiro atoms. The zero-order chi connectivity index (χ0) is 18.6. The number of ether oxygens (including phenoxy) is 2. The van der Waals surface area contributed by atoms with Crippen molar-refractivity contribution in [2.45, 2.75) is 38.8 Å². The molecule has 0 unspecified atom stereocenters.